The maximum absolute atomic E-state index is 12.9. The normalized spacial score (nSPS) is 10.2. The van der Waals surface area contributed by atoms with Gasteiger partial charge in [0.05, 0.1) is 4.88 Å². The molecule has 5 nitrogen and oxygen atoms in total. The monoisotopic (exact) mass is 253 g/mol. The molecule has 0 bridgehead atoms. The Hall–Kier alpha value is -2.15. The molecule has 4 N–H and O–H groups in total. The Balaban J connectivity index is 2.24. The van der Waals surface area contributed by atoms with Gasteiger partial charge in [0.2, 0.25) is 0 Å². The number of nitrogens with one attached hydrogen (secondary N) is 2. The molecule has 1 aromatic heterocycles. The molecule has 17 heavy (non-hydrogen) atoms. The quantitative estimate of drug-likeness (QED) is 0.670. The zero-order valence-electron chi connectivity index (χ0n) is 8.49. The lowest BCUT2D eigenvalue weighted by atomic mass is 10.2. The summed E-state index contributed by atoms with van der Waals surface area (Å²) in [5, 5.41) is 0.764. The van der Waals surface area contributed by atoms with Crippen LogP contribution in [0.2, 0.25) is 0 Å². The molecular formula is C10H8FN3O2S. The van der Waals surface area contributed by atoms with Crippen LogP contribution in [-0.2, 0) is 0 Å². The van der Waals surface area contributed by atoms with E-state index in [-0.39, 0.29) is 5.82 Å². The number of amides is 3. The second-order valence-corrected chi connectivity index (χ2v) is 4.32. The van der Waals surface area contributed by atoms with E-state index in [1.165, 1.54) is 12.1 Å². The lowest BCUT2D eigenvalue weighted by molar-refractivity contribution is 0.0941. The van der Waals surface area contributed by atoms with Crippen LogP contribution in [0.1, 0.15) is 9.67 Å². The van der Waals surface area contributed by atoms with Crippen molar-refractivity contribution in [1.29, 1.82) is 0 Å². The molecule has 0 saturated heterocycles. The first-order valence-corrected chi connectivity index (χ1v) is 5.43. The summed E-state index contributed by atoms with van der Waals surface area (Å²) < 4.78 is 13.6. The van der Waals surface area contributed by atoms with Gasteiger partial charge in [-0.15, -0.1) is 11.3 Å². The Kier molecular flexibility index (Phi) is 2.92. The summed E-state index contributed by atoms with van der Waals surface area (Å²) in [4.78, 5) is 22.3. The van der Waals surface area contributed by atoms with Crippen LogP contribution >= 0.6 is 11.3 Å². The lowest BCUT2D eigenvalue weighted by Gasteiger charge is -2.01. The molecule has 88 valence electrons. The van der Waals surface area contributed by atoms with Gasteiger partial charge >= 0.3 is 6.03 Å². The number of primary amides is 1. The number of urea groups is 1. The van der Waals surface area contributed by atoms with Crippen molar-refractivity contribution in [3.63, 3.8) is 0 Å². The third-order valence-corrected chi connectivity index (χ3v) is 3.10. The third kappa shape index (κ3) is 2.51. The highest BCUT2D eigenvalue weighted by Crippen LogP contribution is 2.26. The van der Waals surface area contributed by atoms with Crippen molar-refractivity contribution >= 4 is 33.4 Å². The van der Waals surface area contributed by atoms with Gasteiger partial charge in [-0.1, -0.05) is 6.07 Å². The summed E-state index contributed by atoms with van der Waals surface area (Å²) in [6, 6.07) is 5.00. The van der Waals surface area contributed by atoms with Gasteiger partial charge in [0.25, 0.3) is 5.91 Å². The minimum atomic E-state index is -0.856. The number of nitrogens with two attached hydrogens (primary N) is 1. The number of rotatable bonds is 1. The van der Waals surface area contributed by atoms with Gasteiger partial charge in [0.1, 0.15) is 5.82 Å². The second-order valence-electron chi connectivity index (χ2n) is 3.24. The number of carbonyl (C=O) groups excluding carboxylic acids is 2. The molecule has 3 amide bonds. The van der Waals surface area contributed by atoms with Gasteiger partial charge in [0.15, 0.2) is 0 Å². The first-order chi connectivity index (χ1) is 8.06. The smallest absolute Gasteiger partial charge is 0.330 e. The Bertz CT molecular complexity index is 596. The predicted molar refractivity (Wildman–Crippen MR) is 62.0 cm³/mol. The average molecular weight is 253 g/mol. The lowest BCUT2D eigenvalue weighted by Crippen LogP contribution is -2.44. The summed E-state index contributed by atoms with van der Waals surface area (Å²) >= 11 is 1.13. The molecule has 0 aliphatic rings. The maximum Gasteiger partial charge on any atom is 0.330 e. The van der Waals surface area contributed by atoms with Gasteiger partial charge in [-0.05, 0) is 23.6 Å². The fourth-order valence-corrected chi connectivity index (χ4v) is 2.28. The molecule has 7 heteroatoms. The van der Waals surface area contributed by atoms with E-state index in [0.717, 1.165) is 16.7 Å². The summed E-state index contributed by atoms with van der Waals surface area (Å²) in [6.45, 7) is 0. The van der Waals surface area contributed by atoms with Gasteiger partial charge < -0.3 is 5.73 Å². The summed E-state index contributed by atoms with van der Waals surface area (Å²) in [5.74, 6) is -0.855. The second kappa shape index (κ2) is 4.38. The first kappa shape index (κ1) is 11.3. The number of hydrazine groups is 1. The predicted octanol–water partition coefficient (Wildman–Crippen LogP) is 1.35. The van der Waals surface area contributed by atoms with Gasteiger partial charge in [-0.25, -0.2) is 14.6 Å². The van der Waals surface area contributed by atoms with Crippen molar-refractivity contribution in [1.82, 2.24) is 10.9 Å². The van der Waals surface area contributed by atoms with Crippen molar-refractivity contribution in [2.24, 2.45) is 5.73 Å². The SMILES string of the molecule is NC(=O)NNC(=O)c1cc2ccc(F)cc2s1. The maximum atomic E-state index is 12.9. The van der Waals surface area contributed by atoms with Crippen LogP contribution in [0.4, 0.5) is 9.18 Å². The number of hydrogen-bond acceptors (Lipinski definition) is 3. The van der Waals surface area contributed by atoms with Crippen molar-refractivity contribution in [2.45, 2.75) is 0 Å². The summed E-state index contributed by atoms with van der Waals surface area (Å²) in [6.07, 6.45) is 0. The van der Waals surface area contributed by atoms with Crippen LogP contribution < -0.4 is 16.6 Å². The number of thiophene rings is 1. The molecule has 2 rings (SSSR count). The van der Waals surface area contributed by atoms with E-state index in [1.807, 2.05) is 5.43 Å². The van der Waals surface area contributed by atoms with Crippen LogP contribution in [0.5, 0.6) is 0 Å². The molecule has 0 spiro atoms. The summed E-state index contributed by atoms with van der Waals surface area (Å²) in [5.41, 5.74) is 8.90. The minimum absolute atomic E-state index is 0.360. The number of fused-ring (bicyclic) bond motifs is 1. The molecule has 1 heterocycles. The molecule has 0 atom stereocenters. The Labute approximate surface area is 99.4 Å². The van der Waals surface area contributed by atoms with Crippen LogP contribution in [0, 0.1) is 5.82 Å². The van der Waals surface area contributed by atoms with Gasteiger partial charge in [-0.3, -0.25) is 10.2 Å². The van der Waals surface area contributed by atoms with Gasteiger partial charge in [0, 0.05) is 4.70 Å². The highest BCUT2D eigenvalue weighted by atomic mass is 32.1. The highest BCUT2D eigenvalue weighted by molar-refractivity contribution is 7.20. The standard InChI is InChI=1S/C10H8FN3O2S/c11-6-2-1-5-3-8(17-7(5)4-6)9(15)13-14-10(12)16/h1-4H,(H,13,15)(H3,12,14,16). The Morgan fingerprint density at radius 3 is 2.71 bits per heavy atom. The van der Waals surface area contributed by atoms with E-state index >= 15 is 0 Å². The molecule has 1 aromatic carbocycles. The number of benzene rings is 1. The number of halogens is 1. The zero-order chi connectivity index (χ0) is 12.4. The molecule has 0 radical (unpaired) electrons. The van der Waals surface area contributed by atoms with Crippen LogP contribution in [0.15, 0.2) is 24.3 Å². The number of hydrogen-bond donors (Lipinski definition) is 3. The van der Waals surface area contributed by atoms with E-state index in [9.17, 15) is 14.0 Å². The largest absolute Gasteiger partial charge is 0.350 e. The van der Waals surface area contributed by atoms with Crippen molar-refractivity contribution in [3.05, 3.63) is 35.0 Å². The van der Waals surface area contributed by atoms with Gasteiger partial charge in [-0.2, -0.15) is 0 Å². The topological polar surface area (TPSA) is 84.2 Å². The molecule has 0 unspecified atom stereocenters. The first-order valence-electron chi connectivity index (χ1n) is 4.61. The van der Waals surface area contributed by atoms with Crippen LogP contribution in [0.3, 0.4) is 0 Å². The van der Waals surface area contributed by atoms with E-state index in [1.54, 1.807) is 12.1 Å². The van der Waals surface area contributed by atoms with E-state index in [0.29, 0.717) is 9.58 Å². The zero-order valence-corrected chi connectivity index (χ0v) is 9.31. The molecule has 0 fully saturated rings. The molecule has 0 saturated carbocycles. The molecule has 0 aliphatic heterocycles. The molecular weight excluding hydrogens is 245 g/mol. The van der Waals surface area contributed by atoms with E-state index in [4.69, 9.17) is 5.73 Å². The van der Waals surface area contributed by atoms with Crippen molar-refractivity contribution in [2.75, 3.05) is 0 Å². The fraction of sp³-hybridized carbons (Fsp3) is 0. The highest BCUT2D eigenvalue weighted by Gasteiger charge is 2.10. The van der Waals surface area contributed by atoms with Crippen LogP contribution in [0.25, 0.3) is 10.1 Å². The third-order valence-electron chi connectivity index (χ3n) is 2.01. The average Bonchev–Trinajstić information content (AvgIpc) is 2.68. The van der Waals surface area contributed by atoms with Crippen LogP contribution in [-0.4, -0.2) is 11.9 Å². The minimum Gasteiger partial charge on any atom is -0.350 e. The molecule has 2 aromatic rings. The Morgan fingerprint density at radius 1 is 1.24 bits per heavy atom. The number of carbonyl (C=O) groups is 2. The Morgan fingerprint density at radius 2 is 2.00 bits per heavy atom. The fourth-order valence-electron chi connectivity index (χ4n) is 1.30. The molecule has 0 aliphatic carbocycles. The summed E-state index contributed by atoms with van der Waals surface area (Å²) in [7, 11) is 0. The van der Waals surface area contributed by atoms with Crippen molar-refractivity contribution in [3.8, 4) is 0 Å². The van der Waals surface area contributed by atoms with E-state index < -0.39 is 11.9 Å². The van der Waals surface area contributed by atoms with E-state index in [2.05, 4.69) is 5.43 Å². The van der Waals surface area contributed by atoms with Crippen molar-refractivity contribution < 1.29 is 14.0 Å².